The molecule has 0 saturated heterocycles. The number of unbranched alkanes of at least 4 members (excludes halogenated alkanes) is 9. The Morgan fingerprint density at radius 2 is 1.00 bits per heavy atom. The summed E-state index contributed by atoms with van der Waals surface area (Å²) in [5.74, 6) is 0.912. The van der Waals surface area contributed by atoms with Crippen LogP contribution in [0, 0.1) is 0 Å². The first-order valence-corrected chi connectivity index (χ1v) is 22.3. The summed E-state index contributed by atoms with van der Waals surface area (Å²) in [6, 6.07) is 8.21. The molecule has 1 aromatic heterocycles. The molecule has 1 aromatic carbocycles. The van der Waals surface area contributed by atoms with Crippen molar-refractivity contribution < 1.29 is 52.1 Å². The SMILES string of the molecule is CCCCCCCCCCCCOc1ccc(Cn2cc(COCCOCCOCCOCCOCCOCCOCCOCCP(C)(=O)O)nn2)cc1. The topological polar surface area (TPSA) is 151 Å². The van der Waals surface area contributed by atoms with E-state index >= 15 is 0 Å². The highest BCUT2D eigenvalue weighted by Crippen LogP contribution is 2.34. The largest absolute Gasteiger partial charge is 0.494 e. The molecule has 0 aliphatic rings. The number of hydrogen-bond acceptors (Lipinski definition) is 12. The lowest BCUT2D eigenvalue weighted by atomic mass is 10.1. The van der Waals surface area contributed by atoms with Gasteiger partial charge in [-0.3, -0.25) is 4.57 Å². The van der Waals surface area contributed by atoms with Gasteiger partial charge in [-0.25, -0.2) is 4.68 Å². The Morgan fingerprint density at radius 1 is 0.574 bits per heavy atom. The van der Waals surface area contributed by atoms with E-state index in [1.54, 1.807) is 0 Å². The van der Waals surface area contributed by atoms with Crippen molar-refractivity contribution in [1.82, 2.24) is 15.0 Å². The minimum atomic E-state index is -3.00. The summed E-state index contributed by atoms with van der Waals surface area (Å²) in [7, 11) is -3.00. The van der Waals surface area contributed by atoms with E-state index in [1.165, 1.54) is 64.5 Å². The lowest BCUT2D eigenvalue weighted by Gasteiger charge is -2.09. The van der Waals surface area contributed by atoms with Crippen LogP contribution in [0.15, 0.2) is 30.5 Å². The number of benzene rings is 1. The zero-order valence-electron chi connectivity index (χ0n) is 33.2. The van der Waals surface area contributed by atoms with Crippen molar-refractivity contribution in [3.8, 4) is 5.75 Å². The fourth-order valence-corrected chi connectivity index (χ4v) is 5.56. The standard InChI is InChI=1S/C39H70N3O11P/c1-3-4-5-6-7-8-9-10-11-12-17-53-39-15-13-37(14-16-39)34-42-35-38(40-41-42)36-52-31-30-50-27-26-48-23-22-46-19-18-45-20-21-47-24-25-49-28-29-51-32-33-54(2,43)44/h13-16,35H,3-12,17-34,36H2,1-2H3,(H,43,44). The summed E-state index contributed by atoms with van der Waals surface area (Å²) in [6.45, 7) is 12.2. The zero-order chi connectivity index (χ0) is 38.6. The Balaban J connectivity index is 1.30. The maximum atomic E-state index is 11.1. The summed E-state index contributed by atoms with van der Waals surface area (Å²) in [6.07, 6.45) is 15.3. The molecule has 54 heavy (non-hydrogen) atoms. The average Bonchev–Trinajstić information content (AvgIpc) is 3.60. The molecule has 1 atom stereocenters. The van der Waals surface area contributed by atoms with E-state index in [2.05, 4.69) is 29.4 Å². The third-order valence-electron chi connectivity index (χ3n) is 8.13. The summed E-state index contributed by atoms with van der Waals surface area (Å²) in [5, 5.41) is 8.44. The smallest absolute Gasteiger partial charge is 0.199 e. The quantitative estimate of drug-likeness (QED) is 0.0607. The van der Waals surface area contributed by atoms with E-state index in [9.17, 15) is 4.57 Å². The van der Waals surface area contributed by atoms with Crippen molar-refractivity contribution in [3.05, 3.63) is 41.7 Å². The van der Waals surface area contributed by atoms with Crippen LogP contribution in [0.1, 0.15) is 82.4 Å². The molecular formula is C39H70N3O11P. The molecule has 15 heteroatoms. The maximum absolute atomic E-state index is 11.1. The van der Waals surface area contributed by atoms with Crippen LogP contribution in [-0.4, -0.2) is 138 Å². The highest BCUT2D eigenvalue weighted by atomic mass is 31.2. The van der Waals surface area contributed by atoms with Crippen molar-refractivity contribution in [3.63, 3.8) is 0 Å². The van der Waals surface area contributed by atoms with Gasteiger partial charge in [-0.15, -0.1) is 5.10 Å². The van der Waals surface area contributed by atoms with Crippen LogP contribution in [0.4, 0.5) is 0 Å². The molecule has 0 amide bonds. The van der Waals surface area contributed by atoms with Crippen LogP contribution in [0.25, 0.3) is 0 Å². The van der Waals surface area contributed by atoms with Gasteiger partial charge in [0, 0.05) is 12.8 Å². The molecule has 0 spiro atoms. The minimum Gasteiger partial charge on any atom is -0.494 e. The fraction of sp³-hybridized carbons (Fsp3) is 0.795. The third kappa shape index (κ3) is 30.3. The van der Waals surface area contributed by atoms with Gasteiger partial charge in [0.2, 0.25) is 0 Å². The summed E-state index contributed by atoms with van der Waals surface area (Å²) in [4.78, 5) is 9.17. The minimum absolute atomic E-state index is 0.158. The second-order valence-corrected chi connectivity index (χ2v) is 15.7. The highest BCUT2D eigenvalue weighted by molar-refractivity contribution is 7.57. The third-order valence-corrected chi connectivity index (χ3v) is 9.14. The van der Waals surface area contributed by atoms with Gasteiger partial charge in [-0.05, 0) is 24.1 Å². The first-order chi connectivity index (χ1) is 26.5. The zero-order valence-corrected chi connectivity index (χ0v) is 34.1. The number of rotatable bonds is 40. The van der Waals surface area contributed by atoms with Crippen molar-refractivity contribution >= 4 is 7.37 Å². The van der Waals surface area contributed by atoms with E-state index in [0.29, 0.717) is 106 Å². The molecule has 0 bridgehead atoms. The maximum Gasteiger partial charge on any atom is 0.199 e. The van der Waals surface area contributed by atoms with Crippen LogP contribution < -0.4 is 4.74 Å². The molecule has 0 radical (unpaired) electrons. The second-order valence-electron chi connectivity index (χ2n) is 13.2. The summed E-state index contributed by atoms with van der Waals surface area (Å²) < 4.78 is 62.7. The molecule has 0 aliphatic heterocycles. The van der Waals surface area contributed by atoms with Crippen molar-refractivity contribution in [1.29, 1.82) is 0 Å². The first-order valence-electron chi connectivity index (χ1n) is 20.0. The normalized spacial score (nSPS) is 12.7. The molecule has 1 heterocycles. The Kier molecular flexibility index (Phi) is 30.6. The van der Waals surface area contributed by atoms with E-state index in [4.69, 9.17) is 47.5 Å². The second kappa shape index (κ2) is 34.3. The van der Waals surface area contributed by atoms with Gasteiger partial charge in [-0.1, -0.05) is 82.1 Å². The molecule has 14 nitrogen and oxygen atoms in total. The molecule has 0 saturated carbocycles. The monoisotopic (exact) mass is 787 g/mol. The molecular weight excluding hydrogens is 717 g/mol. The lowest BCUT2D eigenvalue weighted by molar-refractivity contribution is -0.0234. The van der Waals surface area contributed by atoms with Crippen molar-refractivity contribution in [2.45, 2.75) is 84.3 Å². The number of hydrogen-bond donors (Lipinski definition) is 1. The van der Waals surface area contributed by atoms with Gasteiger partial charge in [0.15, 0.2) is 7.37 Å². The predicted octanol–water partition coefficient (Wildman–Crippen LogP) is 6.16. The van der Waals surface area contributed by atoms with Gasteiger partial charge in [-0.2, -0.15) is 0 Å². The van der Waals surface area contributed by atoms with Crippen molar-refractivity contribution in [2.24, 2.45) is 0 Å². The molecule has 0 fully saturated rings. The van der Waals surface area contributed by atoms with Crippen molar-refractivity contribution in [2.75, 3.05) is 119 Å². The molecule has 2 rings (SSSR count). The average molecular weight is 788 g/mol. The molecule has 2 aromatic rings. The molecule has 312 valence electrons. The number of aromatic nitrogens is 3. The van der Waals surface area contributed by atoms with E-state index in [1.807, 2.05) is 23.0 Å². The fourth-order valence-electron chi connectivity index (χ4n) is 5.09. The Hall–Kier alpha value is -1.97. The van der Waals surface area contributed by atoms with Crippen LogP contribution in [-0.2, 0) is 55.6 Å². The predicted molar refractivity (Wildman–Crippen MR) is 209 cm³/mol. The van der Waals surface area contributed by atoms with Crippen LogP contribution in [0.5, 0.6) is 5.75 Å². The van der Waals surface area contributed by atoms with Gasteiger partial charge in [0.1, 0.15) is 11.4 Å². The Morgan fingerprint density at radius 3 is 1.46 bits per heavy atom. The van der Waals surface area contributed by atoms with Gasteiger partial charge in [0.25, 0.3) is 0 Å². The van der Waals surface area contributed by atoms with E-state index in [-0.39, 0.29) is 12.8 Å². The molecule has 1 unspecified atom stereocenters. The summed E-state index contributed by atoms with van der Waals surface area (Å²) >= 11 is 0. The van der Waals surface area contributed by atoms with Gasteiger partial charge in [0.05, 0.1) is 125 Å². The van der Waals surface area contributed by atoms with Gasteiger partial charge >= 0.3 is 0 Å². The van der Waals surface area contributed by atoms with Crippen LogP contribution in [0.3, 0.4) is 0 Å². The van der Waals surface area contributed by atoms with Gasteiger partial charge < -0.3 is 47.5 Å². The number of nitrogens with zero attached hydrogens (tertiary/aromatic N) is 3. The highest BCUT2D eigenvalue weighted by Gasteiger charge is 2.08. The number of ether oxygens (including phenoxy) is 9. The molecule has 1 N–H and O–H groups in total. The van der Waals surface area contributed by atoms with E-state index < -0.39 is 7.37 Å². The first kappa shape index (κ1) is 48.2. The Bertz CT molecular complexity index is 1150. The van der Waals surface area contributed by atoms with Crippen LogP contribution in [0.2, 0.25) is 0 Å². The van der Waals surface area contributed by atoms with Crippen LogP contribution >= 0.6 is 7.37 Å². The molecule has 0 aliphatic carbocycles. The Labute approximate surface area is 324 Å². The summed E-state index contributed by atoms with van der Waals surface area (Å²) in [5.41, 5.74) is 1.92. The lowest BCUT2D eigenvalue weighted by Crippen LogP contribution is -2.15. The van der Waals surface area contributed by atoms with E-state index in [0.717, 1.165) is 30.0 Å².